The summed E-state index contributed by atoms with van der Waals surface area (Å²) in [5, 5.41) is 0. The predicted octanol–water partition coefficient (Wildman–Crippen LogP) is 2.59. The molecule has 104 valence electrons. The van der Waals surface area contributed by atoms with Crippen LogP contribution in [0, 0.1) is 11.3 Å². The van der Waals surface area contributed by atoms with Crippen molar-refractivity contribution in [3.63, 3.8) is 0 Å². The number of hydrogen-bond donors (Lipinski definition) is 0. The predicted molar refractivity (Wildman–Crippen MR) is 76.5 cm³/mol. The number of carbonyl (C=O) groups is 1. The highest BCUT2D eigenvalue weighted by Gasteiger charge is 2.33. The number of hydrogen-bond acceptors (Lipinski definition) is 2. The van der Waals surface area contributed by atoms with Gasteiger partial charge in [-0.2, -0.15) is 0 Å². The smallest absolute Gasteiger partial charge is 0.165 e. The van der Waals surface area contributed by atoms with Gasteiger partial charge in [0.05, 0.1) is 0 Å². The van der Waals surface area contributed by atoms with Crippen molar-refractivity contribution in [2.75, 3.05) is 20.1 Å². The van der Waals surface area contributed by atoms with Crippen molar-refractivity contribution >= 4 is 5.78 Å². The number of likely N-dealkylation sites (tertiary alicyclic amines) is 1. The van der Waals surface area contributed by atoms with Crippen LogP contribution in [0.2, 0.25) is 0 Å². The lowest BCUT2D eigenvalue weighted by atomic mass is 9.76. The van der Waals surface area contributed by atoms with Crippen molar-refractivity contribution < 1.29 is 4.79 Å². The minimum Gasteiger partial charge on any atom is -0.350 e. The summed E-state index contributed by atoms with van der Waals surface area (Å²) >= 11 is 0. The van der Waals surface area contributed by atoms with Crippen LogP contribution in [0.25, 0.3) is 0 Å². The fourth-order valence-electron chi connectivity index (χ4n) is 3.63. The van der Waals surface area contributed by atoms with Crippen LogP contribution in [0.1, 0.15) is 42.7 Å². The van der Waals surface area contributed by atoms with Gasteiger partial charge in [-0.3, -0.25) is 4.79 Å². The Bertz CT molecular complexity index is 501. The van der Waals surface area contributed by atoms with Crippen molar-refractivity contribution in [3.05, 3.63) is 23.5 Å². The van der Waals surface area contributed by atoms with E-state index in [9.17, 15) is 4.79 Å². The average Bonchev–Trinajstić information content (AvgIpc) is 2.86. The van der Waals surface area contributed by atoms with Crippen LogP contribution in [0.4, 0.5) is 0 Å². The number of fused-ring (bicyclic) bond motifs is 1. The number of nitrogens with zero attached hydrogens (tertiary/aromatic N) is 2. The second-order valence-corrected chi connectivity index (χ2v) is 7.19. The van der Waals surface area contributed by atoms with Gasteiger partial charge >= 0.3 is 0 Å². The number of aromatic nitrogens is 1. The topological polar surface area (TPSA) is 25.2 Å². The Balaban J connectivity index is 1.83. The molecule has 1 saturated heterocycles. The maximum Gasteiger partial charge on any atom is 0.165 e. The molecular weight excluding hydrogens is 236 g/mol. The molecule has 1 atom stereocenters. The van der Waals surface area contributed by atoms with Crippen LogP contribution in [0.3, 0.4) is 0 Å². The molecule has 0 N–H and O–H groups in total. The lowest BCUT2D eigenvalue weighted by Gasteiger charge is -2.30. The van der Waals surface area contributed by atoms with Crippen molar-refractivity contribution in [1.29, 1.82) is 0 Å². The molecule has 0 radical (unpaired) electrons. The third kappa shape index (κ3) is 2.48. The average molecular weight is 260 g/mol. The standard InChI is InChI=1S/C16H24N2O/c1-16(2)8-14-13(15(19)9-16)5-7-18(14)11-12-4-6-17(3)10-12/h5,7,12H,4,6,8-11H2,1-3H3. The molecule has 2 heterocycles. The third-order valence-corrected chi connectivity index (χ3v) is 4.61. The van der Waals surface area contributed by atoms with E-state index in [1.165, 1.54) is 25.2 Å². The molecule has 1 fully saturated rings. The summed E-state index contributed by atoms with van der Waals surface area (Å²) in [6.45, 7) is 7.87. The second kappa shape index (κ2) is 4.48. The second-order valence-electron chi connectivity index (χ2n) is 7.19. The van der Waals surface area contributed by atoms with Crippen LogP contribution < -0.4 is 0 Å². The first-order valence-electron chi connectivity index (χ1n) is 7.34. The minimum atomic E-state index is 0.118. The van der Waals surface area contributed by atoms with Crippen LogP contribution in [0.15, 0.2) is 12.3 Å². The summed E-state index contributed by atoms with van der Waals surface area (Å²) in [5.41, 5.74) is 2.37. The van der Waals surface area contributed by atoms with Gasteiger partial charge < -0.3 is 9.47 Å². The molecule has 1 unspecified atom stereocenters. The Kier molecular flexibility index (Phi) is 3.05. The number of rotatable bonds is 2. The van der Waals surface area contributed by atoms with E-state index < -0.39 is 0 Å². The highest BCUT2D eigenvalue weighted by atomic mass is 16.1. The van der Waals surface area contributed by atoms with Crippen molar-refractivity contribution in [2.45, 2.75) is 39.7 Å². The SMILES string of the molecule is CN1CCC(Cn2ccc3c2CC(C)(C)CC3=O)C1. The van der Waals surface area contributed by atoms with Gasteiger partial charge in [0.1, 0.15) is 0 Å². The van der Waals surface area contributed by atoms with Crippen molar-refractivity contribution in [3.8, 4) is 0 Å². The molecule has 19 heavy (non-hydrogen) atoms. The Morgan fingerprint density at radius 3 is 2.84 bits per heavy atom. The summed E-state index contributed by atoms with van der Waals surface area (Å²) in [4.78, 5) is 14.6. The summed E-state index contributed by atoms with van der Waals surface area (Å²) in [7, 11) is 2.19. The number of carbonyl (C=O) groups excluding carboxylic acids is 1. The lowest BCUT2D eigenvalue weighted by Crippen LogP contribution is -2.28. The zero-order valence-corrected chi connectivity index (χ0v) is 12.3. The molecular formula is C16H24N2O. The minimum absolute atomic E-state index is 0.118. The Hall–Kier alpha value is -1.09. The molecule has 3 nitrogen and oxygen atoms in total. The van der Waals surface area contributed by atoms with Gasteiger partial charge in [0.2, 0.25) is 0 Å². The Labute approximate surface area is 115 Å². The van der Waals surface area contributed by atoms with Gasteiger partial charge in [0, 0.05) is 37.0 Å². The molecule has 3 rings (SSSR count). The van der Waals surface area contributed by atoms with Crippen LogP contribution in [-0.4, -0.2) is 35.4 Å². The summed E-state index contributed by atoms with van der Waals surface area (Å²) < 4.78 is 2.35. The molecule has 1 aliphatic carbocycles. The third-order valence-electron chi connectivity index (χ3n) is 4.61. The highest BCUT2D eigenvalue weighted by molar-refractivity contribution is 5.98. The van der Waals surface area contributed by atoms with Crippen LogP contribution >= 0.6 is 0 Å². The van der Waals surface area contributed by atoms with E-state index in [0.717, 1.165) is 24.4 Å². The van der Waals surface area contributed by atoms with Crippen LogP contribution in [-0.2, 0) is 13.0 Å². The highest BCUT2D eigenvalue weighted by Crippen LogP contribution is 2.35. The van der Waals surface area contributed by atoms with Crippen LogP contribution in [0.5, 0.6) is 0 Å². The number of ketones is 1. The Morgan fingerprint density at radius 2 is 2.16 bits per heavy atom. The zero-order chi connectivity index (χ0) is 13.6. The molecule has 3 heteroatoms. The van der Waals surface area contributed by atoms with Gasteiger partial charge in [0.25, 0.3) is 0 Å². The maximum absolute atomic E-state index is 12.2. The molecule has 0 amide bonds. The molecule has 1 aliphatic heterocycles. The Morgan fingerprint density at radius 1 is 1.37 bits per heavy atom. The van der Waals surface area contributed by atoms with Gasteiger partial charge in [-0.1, -0.05) is 13.8 Å². The monoisotopic (exact) mass is 260 g/mol. The van der Waals surface area contributed by atoms with E-state index in [0.29, 0.717) is 12.2 Å². The summed E-state index contributed by atoms with van der Waals surface area (Å²) in [6.07, 6.45) is 5.13. The lowest BCUT2D eigenvalue weighted by molar-refractivity contribution is 0.0909. The molecule has 1 aromatic heterocycles. The van der Waals surface area contributed by atoms with E-state index >= 15 is 0 Å². The normalized spacial score (nSPS) is 26.7. The van der Waals surface area contributed by atoms with Gasteiger partial charge in [-0.15, -0.1) is 0 Å². The largest absolute Gasteiger partial charge is 0.350 e. The molecule has 2 aliphatic rings. The summed E-state index contributed by atoms with van der Waals surface area (Å²) in [6, 6.07) is 2.03. The zero-order valence-electron chi connectivity index (χ0n) is 12.3. The first-order chi connectivity index (χ1) is 8.94. The molecule has 0 bridgehead atoms. The van der Waals surface area contributed by atoms with Gasteiger partial charge in [-0.25, -0.2) is 0 Å². The van der Waals surface area contributed by atoms with Crippen molar-refractivity contribution in [1.82, 2.24) is 9.47 Å². The van der Waals surface area contributed by atoms with Gasteiger partial charge in [0.15, 0.2) is 5.78 Å². The molecule has 0 spiro atoms. The van der Waals surface area contributed by atoms with E-state index in [1.54, 1.807) is 0 Å². The van der Waals surface area contributed by atoms with E-state index in [2.05, 4.69) is 36.6 Å². The van der Waals surface area contributed by atoms with Gasteiger partial charge in [-0.05, 0) is 43.8 Å². The quantitative estimate of drug-likeness (QED) is 0.816. The summed E-state index contributed by atoms with van der Waals surface area (Å²) in [5.74, 6) is 1.06. The van der Waals surface area contributed by atoms with Crippen molar-refractivity contribution in [2.24, 2.45) is 11.3 Å². The first kappa shape index (κ1) is 12.9. The molecule has 0 aromatic carbocycles. The van der Waals surface area contributed by atoms with E-state index in [4.69, 9.17) is 0 Å². The molecule has 1 aromatic rings. The number of Topliss-reactive ketones (excluding diaryl/α,β-unsaturated/α-hetero) is 1. The first-order valence-corrected chi connectivity index (χ1v) is 7.34. The van der Waals surface area contributed by atoms with E-state index in [-0.39, 0.29) is 5.41 Å². The van der Waals surface area contributed by atoms with E-state index in [1.807, 2.05) is 6.07 Å². The molecule has 0 saturated carbocycles. The maximum atomic E-state index is 12.2. The fourth-order valence-corrected chi connectivity index (χ4v) is 3.63. The fraction of sp³-hybridized carbons (Fsp3) is 0.688.